The highest BCUT2D eigenvalue weighted by molar-refractivity contribution is 5.87. The summed E-state index contributed by atoms with van der Waals surface area (Å²) in [6, 6.07) is 6.13. The molecule has 0 aliphatic carbocycles. The molecule has 1 rings (SSSR count). The number of carbonyl (C=O) groups is 2. The van der Waals surface area contributed by atoms with Crippen LogP contribution < -0.4 is 11.1 Å². The summed E-state index contributed by atoms with van der Waals surface area (Å²) >= 11 is 0. The standard InChI is InChI=1S/C15H22N2O4/c1-15(2,3)21-14(20)17-8-7-12(16)10-5-4-6-11(9-10)13(18)19/h4-6,9,12H,7-8,16H2,1-3H3,(H,17,20)(H,18,19)/t12-/m1/s1. The SMILES string of the molecule is CC(C)(C)OC(=O)NCC[C@@H](N)c1cccc(C(=O)O)c1. The number of alkyl carbamates (subject to hydrolysis) is 1. The van der Waals surface area contributed by atoms with Gasteiger partial charge in [-0.25, -0.2) is 9.59 Å². The van der Waals surface area contributed by atoms with E-state index in [1.165, 1.54) is 6.07 Å². The van der Waals surface area contributed by atoms with Crippen molar-refractivity contribution in [3.63, 3.8) is 0 Å². The van der Waals surface area contributed by atoms with Gasteiger partial charge in [0.15, 0.2) is 0 Å². The summed E-state index contributed by atoms with van der Waals surface area (Å²) in [5.74, 6) is -0.990. The normalized spacial score (nSPS) is 12.6. The molecule has 0 saturated carbocycles. The smallest absolute Gasteiger partial charge is 0.407 e. The van der Waals surface area contributed by atoms with E-state index >= 15 is 0 Å². The number of benzene rings is 1. The number of carboxylic acids is 1. The average molecular weight is 294 g/mol. The zero-order chi connectivity index (χ0) is 16.0. The fourth-order valence-electron chi connectivity index (χ4n) is 1.71. The molecule has 1 amide bonds. The van der Waals surface area contributed by atoms with E-state index in [1.807, 2.05) is 0 Å². The minimum atomic E-state index is -0.990. The number of carbonyl (C=O) groups excluding carboxylic acids is 1. The number of hydrogen-bond acceptors (Lipinski definition) is 4. The lowest BCUT2D eigenvalue weighted by molar-refractivity contribution is 0.0526. The van der Waals surface area contributed by atoms with Gasteiger partial charge in [0.05, 0.1) is 5.56 Å². The lowest BCUT2D eigenvalue weighted by Crippen LogP contribution is -2.34. The molecule has 0 aliphatic rings. The van der Waals surface area contributed by atoms with Gasteiger partial charge in [-0.1, -0.05) is 12.1 Å². The zero-order valence-electron chi connectivity index (χ0n) is 12.6. The summed E-state index contributed by atoms with van der Waals surface area (Å²) in [5.41, 5.74) is 6.37. The van der Waals surface area contributed by atoms with E-state index in [2.05, 4.69) is 5.32 Å². The Hall–Kier alpha value is -2.08. The van der Waals surface area contributed by atoms with Crippen LogP contribution in [0.15, 0.2) is 24.3 Å². The van der Waals surface area contributed by atoms with Gasteiger partial charge in [-0.05, 0) is 44.9 Å². The van der Waals surface area contributed by atoms with Gasteiger partial charge in [-0.15, -0.1) is 0 Å². The van der Waals surface area contributed by atoms with Crippen molar-refractivity contribution in [2.45, 2.75) is 38.8 Å². The van der Waals surface area contributed by atoms with Crippen molar-refractivity contribution in [1.29, 1.82) is 0 Å². The number of aromatic carboxylic acids is 1. The Morgan fingerprint density at radius 1 is 1.38 bits per heavy atom. The highest BCUT2D eigenvalue weighted by Crippen LogP contribution is 2.15. The maximum absolute atomic E-state index is 11.5. The van der Waals surface area contributed by atoms with Crippen LogP contribution in [0.2, 0.25) is 0 Å². The van der Waals surface area contributed by atoms with Crippen molar-refractivity contribution in [2.75, 3.05) is 6.54 Å². The van der Waals surface area contributed by atoms with Crippen molar-refractivity contribution in [3.05, 3.63) is 35.4 Å². The van der Waals surface area contributed by atoms with Gasteiger partial charge in [0, 0.05) is 12.6 Å². The van der Waals surface area contributed by atoms with Crippen LogP contribution >= 0.6 is 0 Å². The Morgan fingerprint density at radius 3 is 2.62 bits per heavy atom. The quantitative estimate of drug-likeness (QED) is 0.773. The summed E-state index contributed by atoms with van der Waals surface area (Å²) in [7, 11) is 0. The summed E-state index contributed by atoms with van der Waals surface area (Å²) in [5, 5.41) is 11.6. The molecule has 0 aromatic heterocycles. The summed E-state index contributed by atoms with van der Waals surface area (Å²) in [6.45, 7) is 5.72. The van der Waals surface area contributed by atoms with E-state index < -0.39 is 17.7 Å². The highest BCUT2D eigenvalue weighted by Gasteiger charge is 2.16. The molecule has 0 radical (unpaired) electrons. The third-order valence-electron chi connectivity index (χ3n) is 2.69. The molecule has 1 aromatic carbocycles. The maximum atomic E-state index is 11.5. The van der Waals surface area contributed by atoms with E-state index in [0.29, 0.717) is 13.0 Å². The van der Waals surface area contributed by atoms with Crippen molar-refractivity contribution < 1.29 is 19.4 Å². The van der Waals surface area contributed by atoms with E-state index in [0.717, 1.165) is 5.56 Å². The van der Waals surface area contributed by atoms with Gasteiger partial charge >= 0.3 is 12.1 Å². The number of carboxylic acid groups (broad SMARTS) is 1. The molecule has 1 atom stereocenters. The number of amides is 1. The topological polar surface area (TPSA) is 102 Å². The van der Waals surface area contributed by atoms with Crippen LogP contribution in [0.3, 0.4) is 0 Å². The molecule has 0 unspecified atom stereocenters. The van der Waals surface area contributed by atoms with Crippen molar-refractivity contribution >= 4 is 12.1 Å². The van der Waals surface area contributed by atoms with Crippen molar-refractivity contribution in [3.8, 4) is 0 Å². The molecular formula is C15H22N2O4. The van der Waals surface area contributed by atoms with E-state index in [-0.39, 0.29) is 11.6 Å². The van der Waals surface area contributed by atoms with Gasteiger partial charge in [-0.2, -0.15) is 0 Å². The average Bonchev–Trinajstić information content (AvgIpc) is 2.36. The lowest BCUT2D eigenvalue weighted by atomic mass is 10.0. The molecule has 4 N–H and O–H groups in total. The third kappa shape index (κ3) is 6.27. The van der Waals surface area contributed by atoms with E-state index in [1.54, 1.807) is 39.0 Å². The first kappa shape index (κ1) is 17.0. The Kier molecular flexibility index (Phi) is 5.72. The minimum Gasteiger partial charge on any atom is -0.478 e. The summed E-state index contributed by atoms with van der Waals surface area (Å²) in [6.07, 6.45) is -0.00327. The second-order valence-electron chi connectivity index (χ2n) is 5.75. The molecule has 1 aromatic rings. The first-order valence-electron chi connectivity index (χ1n) is 6.75. The first-order valence-corrected chi connectivity index (χ1v) is 6.75. The monoisotopic (exact) mass is 294 g/mol. The Morgan fingerprint density at radius 2 is 2.05 bits per heavy atom. The van der Waals surface area contributed by atoms with Crippen molar-refractivity contribution in [1.82, 2.24) is 5.32 Å². The molecule has 0 saturated heterocycles. The van der Waals surface area contributed by atoms with Crippen LogP contribution in [-0.4, -0.2) is 29.3 Å². The number of rotatable bonds is 5. The molecule has 0 fully saturated rings. The molecule has 6 nitrogen and oxygen atoms in total. The predicted molar refractivity (Wildman–Crippen MR) is 79.2 cm³/mol. The van der Waals surface area contributed by atoms with Crippen LogP contribution in [0.1, 0.15) is 49.2 Å². The second kappa shape index (κ2) is 7.08. The van der Waals surface area contributed by atoms with Crippen LogP contribution in [0, 0.1) is 0 Å². The summed E-state index contributed by atoms with van der Waals surface area (Å²) in [4.78, 5) is 22.4. The van der Waals surface area contributed by atoms with Gasteiger partial charge in [0.1, 0.15) is 5.60 Å². The Bertz CT molecular complexity index is 509. The van der Waals surface area contributed by atoms with E-state index in [9.17, 15) is 9.59 Å². The molecule has 0 heterocycles. The molecule has 0 spiro atoms. The minimum absolute atomic E-state index is 0.197. The second-order valence-corrected chi connectivity index (χ2v) is 5.75. The summed E-state index contributed by atoms with van der Waals surface area (Å²) < 4.78 is 5.11. The fourth-order valence-corrected chi connectivity index (χ4v) is 1.71. The maximum Gasteiger partial charge on any atom is 0.407 e. The van der Waals surface area contributed by atoms with Crippen LogP contribution in [0.5, 0.6) is 0 Å². The zero-order valence-corrected chi connectivity index (χ0v) is 12.6. The van der Waals surface area contributed by atoms with Gasteiger partial charge in [0.2, 0.25) is 0 Å². The fraction of sp³-hybridized carbons (Fsp3) is 0.467. The first-order chi connectivity index (χ1) is 9.69. The molecule has 6 heteroatoms. The number of ether oxygens (including phenoxy) is 1. The molecule has 116 valence electrons. The Balaban J connectivity index is 2.47. The largest absolute Gasteiger partial charge is 0.478 e. The molecule has 0 aliphatic heterocycles. The molecular weight excluding hydrogens is 272 g/mol. The Labute approximate surface area is 124 Å². The van der Waals surface area contributed by atoms with Crippen LogP contribution in [0.25, 0.3) is 0 Å². The lowest BCUT2D eigenvalue weighted by Gasteiger charge is -2.20. The number of hydrogen-bond donors (Lipinski definition) is 3. The van der Waals surface area contributed by atoms with Crippen molar-refractivity contribution in [2.24, 2.45) is 5.73 Å². The molecule has 21 heavy (non-hydrogen) atoms. The van der Waals surface area contributed by atoms with Crippen LogP contribution in [0.4, 0.5) is 4.79 Å². The highest BCUT2D eigenvalue weighted by atomic mass is 16.6. The number of nitrogens with two attached hydrogens (primary N) is 1. The van der Waals surface area contributed by atoms with Gasteiger partial charge < -0.3 is 20.9 Å². The van der Waals surface area contributed by atoms with E-state index in [4.69, 9.17) is 15.6 Å². The van der Waals surface area contributed by atoms with Crippen LogP contribution in [-0.2, 0) is 4.74 Å². The van der Waals surface area contributed by atoms with Gasteiger partial charge in [-0.3, -0.25) is 0 Å². The van der Waals surface area contributed by atoms with Gasteiger partial charge in [0.25, 0.3) is 0 Å². The number of nitrogens with one attached hydrogen (secondary N) is 1. The molecule has 0 bridgehead atoms. The predicted octanol–water partition coefficient (Wildman–Crippen LogP) is 2.30. The third-order valence-corrected chi connectivity index (χ3v) is 2.69.